The van der Waals surface area contributed by atoms with E-state index in [4.69, 9.17) is 10.8 Å². The van der Waals surface area contributed by atoms with E-state index in [0.29, 0.717) is 0 Å². The normalized spacial score (nSPS) is 23.1. The van der Waals surface area contributed by atoms with Gasteiger partial charge in [-0.15, -0.1) is 0 Å². The van der Waals surface area contributed by atoms with Crippen LogP contribution in [0.3, 0.4) is 0 Å². The van der Waals surface area contributed by atoms with Crippen LogP contribution in [0.4, 0.5) is 0 Å². The smallest absolute Gasteiger partial charge is 0.325 e. The number of amides is 1. The summed E-state index contributed by atoms with van der Waals surface area (Å²) in [7, 11) is 0. The van der Waals surface area contributed by atoms with Crippen molar-refractivity contribution in [1.82, 2.24) is 4.90 Å². The molecule has 1 aromatic rings. The molecule has 1 unspecified atom stereocenters. The average molecular weight is 250 g/mol. The predicted molar refractivity (Wildman–Crippen MR) is 63.2 cm³/mol. The second-order valence-corrected chi connectivity index (χ2v) is 4.46. The van der Waals surface area contributed by atoms with Crippen molar-refractivity contribution in [2.45, 2.75) is 12.0 Å². The van der Waals surface area contributed by atoms with Gasteiger partial charge in [0.1, 0.15) is 11.3 Å². The van der Waals surface area contributed by atoms with Crippen molar-refractivity contribution >= 4 is 11.9 Å². The van der Waals surface area contributed by atoms with Crippen LogP contribution in [0.1, 0.15) is 16.8 Å². The molecule has 1 saturated heterocycles. The minimum Gasteiger partial charge on any atom is -0.507 e. The van der Waals surface area contributed by atoms with Crippen LogP contribution in [-0.2, 0) is 4.79 Å². The van der Waals surface area contributed by atoms with Crippen molar-refractivity contribution in [3.8, 4) is 5.75 Å². The third kappa shape index (κ3) is 2.02. The molecule has 6 nitrogen and oxygen atoms in total. The minimum atomic E-state index is -1.39. The van der Waals surface area contributed by atoms with Gasteiger partial charge in [-0.3, -0.25) is 9.59 Å². The van der Waals surface area contributed by atoms with Gasteiger partial charge in [-0.05, 0) is 18.6 Å². The van der Waals surface area contributed by atoms with Gasteiger partial charge in [0, 0.05) is 13.1 Å². The summed E-state index contributed by atoms with van der Waals surface area (Å²) in [5.41, 5.74) is 4.46. The summed E-state index contributed by atoms with van der Waals surface area (Å²) in [5, 5.41) is 18.6. The number of aromatic hydroxyl groups is 1. The Morgan fingerprint density at radius 2 is 2.00 bits per heavy atom. The lowest BCUT2D eigenvalue weighted by atomic mass is 10.0. The number of carbonyl (C=O) groups excluding carboxylic acids is 1. The first-order valence-electron chi connectivity index (χ1n) is 5.53. The fraction of sp³-hybridized carbons (Fsp3) is 0.333. The van der Waals surface area contributed by atoms with Crippen molar-refractivity contribution < 1.29 is 19.8 Å². The monoisotopic (exact) mass is 250 g/mol. The van der Waals surface area contributed by atoms with E-state index in [0.717, 1.165) is 0 Å². The summed E-state index contributed by atoms with van der Waals surface area (Å²) in [5.74, 6) is -1.64. The van der Waals surface area contributed by atoms with Crippen molar-refractivity contribution in [1.29, 1.82) is 0 Å². The Hall–Kier alpha value is -2.08. The summed E-state index contributed by atoms with van der Waals surface area (Å²) in [6.45, 7) is 0.228. The Morgan fingerprint density at radius 3 is 2.56 bits per heavy atom. The van der Waals surface area contributed by atoms with Gasteiger partial charge < -0.3 is 20.8 Å². The van der Waals surface area contributed by atoms with E-state index in [1.165, 1.54) is 17.0 Å². The van der Waals surface area contributed by atoms with Crippen LogP contribution in [0, 0.1) is 0 Å². The van der Waals surface area contributed by atoms with Crippen molar-refractivity contribution in [3.05, 3.63) is 29.8 Å². The Morgan fingerprint density at radius 1 is 1.33 bits per heavy atom. The van der Waals surface area contributed by atoms with Crippen LogP contribution in [0.15, 0.2) is 24.3 Å². The van der Waals surface area contributed by atoms with Crippen molar-refractivity contribution in [2.75, 3.05) is 13.1 Å². The number of rotatable bonds is 2. The molecule has 6 heteroatoms. The number of nitrogens with zero attached hydrogens (tertiary/aromatic N) is 1. The number of aliphatic carboxylic acids is 1. The van der Waals surface area contributed by atoms with Crippen LogP contribution in [0.2, 0.25) is 0 Å². The molecule has 1 amide bonds. The molecule has 18 heavy (non-hydrogen) atoms. The van der Waals surface area contributed by atoms with Crippen molar-refractivity contribution in [3.63, 3.8) is 0 Å². The maximum atomic E-state index is 12.1. The molecule has 1 aliphatic rings. The highest BCUT2D eigenvalue weighted by Gasteiger charge is 2.43. The second kappa shape index (κ2) is 4.30. The van der Waals surface area contributed by atoms with Crippen LogP contribution < -0.4 is 5.73 Å². The van der Waals surface area contributed by atoms with Gasteiger partial charge in [0.05, 0.1) is 5.56 Å². The number of likely N-dealkylation sites (tertiary alicyclic amines) is 1. The van der Waals surface area contributed by atoms with E-state index in [1.807, 2.05) is 0 Å². The summed E-state index contributed by atoms with van der Waals surface area (Å²) >= 11 is 0. The Bertz CT molecular complexity index is 503. The number of benzene rings is 1. The zero-order valence-electron chi connectivity index (χ0n) is 9.67. The molecule has 1 aromatic carbocycles. The lowest BCUT2D eigenvalue weighted by Crippen LogP contribution is -2.50. The number of carboxylic acids is 1. The summed E-state index contributed by atoms with van der Waals surface area (Å²) < 4.78 is 0. The maximum Gasteiger partial charge on any atom is 0.325 e. The van der Waals surface area contributed by atoms with E-state index >= 15 is 0 Å². The minimum absolute atomic E-state index is 0.0461. The molecule has 4 N–H and O–H groups in total. The molecular weight excluding hydrogens is 236 g/mol. The molecule has 96 valence electrons. The molecule has 0 bridgehead atoms. The number of phenols is 1. The lowest BCUT2D eigenvalue weighted by Gasteiger charge is -2.20. The molecule has 1 heterocycles. The lowest BCUT2D eigenvalue weighted by molar-refractivity contribution is -0.142. The number of nitrogens with two attached hydrogens (primary N) is 1. The van der Waals surface area contributed by atoms with Crippen LogP contribution in [0.25, 0.3) is 0 Å². The summed E-state index contributed by atoms with van der Waals surface area (Å²) in [4.78, 5) is 24.4. The Balaban J connectivity index is 2.18. The molecule has 0 saturated carbocycles. The van der Waals surface area contributed by atoms with E-state index in [1.54, 1.807) is 12.1 Å². The number of carboxylic acid groups (broad SMARTS) is 1. The molecule has 0 aliphatic carbocycles. The zero-order chi connectivity index (χ0) is 13.3. The first kappa shape index (κ1) is 12.4. The Labute approximate surface area is 104 Å². The van der Waals surface area contributed by atoms with E-state index in [2.05, 4.69) is 0 Å². The molecule has 0 aromatic heterocycles. The SMILES string of the molecule is NC1(C(=O)O)CCN(C(=O)c2ccccc2O)C1. The highest BCUT2D eigenvalue weighted by molar-refractivity contribution is 5.97. The number of hydrogen-bond donors (Lipinski definition) is 3. The molecule has 2 rings (SSSR count). The van der Waals surface area contributed by atoms with Gasteiger partial charge in [-0.1, -0.05) is 12.1 Å². The fourth-order valence-corrected chi connectivity index (χ4v) is 2.01. The molecule has 0 spiro atoms. The van der Waals surface area contributed by atoms with Crippen molar-refractivity contribution in [2.24, 2.45) is 5.73 Å². The first-order chi connectivity index (χ1) is 8.44. The number of hydrogen-bond acceptors (Lipinski definition) is 4. The average Bonchev–Trinajstić information content (AvgIpc) is 2.73. The number of phenolic OH excluding ortho intramolecular Hbond substituents is 1. The quantitative estimate of drug-likeness (QED) is 0.686. The maximum absolute atomic E-state index is 12.1. The third-order valence-corrected chi connectivity index (χ3v) is 3.15. The molecule has 1 fully saturated rings. The van der Waals surface area contributed by atoms with Gasteiger partial charge in [0.25, 0.3) is 5.91 Å². The van der Waals surface area contributed by atoms with Gasteiger partial charge in [0.2, 0.25) is 0 Å². The topological polar surface area (TPSA) is 104 Å². The molecular formula is C12H14N2O4. The van der Waals surface area contributed by atoms with Gasteiger partial charge >= 0.3 is 5.97 Å². The Kier molecular flexibility index (Phi) is 2.96. The van der Waals surface area contributed by atoms with E-state index in [-0.39, 0.29) is 30.8 Å². The molecule has 0 radical (unpaired) electrons. The highest BCUT2D eigenvalue weighted by atomic mass is 16.4. The summed E-state index contributed by atoms with van der Waals surface area (Å²) in [6, 6.07) is 6.15. The van der Waals surface area contributed by atoms with Gasteiger partial charge in [0.15, 0.2) is 0 Å². The largest absolute Gasteiger partial charge is 0.507 e. The van der Waals surface area contributed by atoms with Gasteiger partial charge in [-0.2, -0.15) is 0 Å². The van der Waals surface area contributed by atoms with Gasteiger partial charge in [-0.25, -0.2) is 0 Å². The van der Waals surface area contributed by atoms with Crippen LogP contribution in [0.5, 0.6) is 5.75 Å². The number of para-hydroxylation sites is 1. The number of carbonyl (C=O) groups is 2. The molecule has 1 atom stereocenters. The third-order valence-electron chi connectivity index (χ3n) is 3.15. The summed E-state index contributed by atoms with van der Waals surface area (Å²) in [6.07, 6.45) is 0.210. The molecule has 1 aliphatic heterocycles. The van der Waals surface area contributed by atoms with E-state index in [9.17, 15) is 14.7 Å². The first-order valence-corrected chi connectivity index (χ1v) is 5.53. The zero-order valence-corrected chi connectivity index (χ0v) is 9.67. The highest BCUT2D eigenvalue weighted by Crippen LogP contribution is 2.24. The van der Waals surface area contributed by atoms with Crippen LogP contribution >= 0.6 is 0 Å². The van der Waals surface area contributed by atoms with E-state index < -0.39 is 17.4 Å². The standard InChI is InChI=1S/C12H14N2O4/c13-12(11(17)18)5-6-14(7-12)10(16)8-3-1-2-4-9(8)15/h1-4,15H,5-7,13H2,(H,17,18). The predicted octanol–water partition coefficient (Wildman–Crippen LogP) is 0.0202. The second-order valence-electron chi connectivity index (χ2n) is 4.46. The fourth-order valence-electron chi connectivity index (χ4n) is 2.01. The van der Waals surface area contributed by atoms with Crippen LogP contribution in [-0.4, -0.2) is 45.6 Å².